The minimum absolute atomic E-state index is 0.153. The first kappa shape index (κ1) is 13.4. The molecule has 1 unspecified atom stereocenters. The third kappa shape index (κ3) is 7.51. The smallest absolute Gasteiger partial charge is 0.407 e. The van der Waals surface area contributed by atoms with Gasteiger partial charge in [-0.1, -0.05) is 12.7 Å². The highest BCUT2D eigenvalue weighted by Crippen LogP contribution is 1.93. The van der Waals surface area contributed by atoms with Gasteiger partial charge in [-0.2, -0.15) is 0 Å². The van der Waals surface area contributed by atoms with E-state index in [1.807, 2.05) is 0 Å². The Morgan fingerprint density at radius 2 is 2.27 bits per heavy atom. The van der Waals surface area contributed by atoms with Gasteiger partial charge in [-0.3, -0.25) is 4.79 Å². The number of carbonyl (C=O) groups excluding carboxylic acids is 1. The van der Waals surface area contributed by atoms with Crippen molar-refractivity contribution in [3.05, 3.63) is 12.7 Å². The van der Waals surface area contributed by atoms with Gasteiger partial charge in [-0.05, 0) is 12.8 Å². The van der Waals surface area contributed by atoms with Crippen molar-refractivity contribution in [3.8, 4) is 0 Å². The first-order valence-corrected chi connectivity index (χ1v) is 4.57. The number of nitrogens with one attached hydrogen (secondary N) is 1. The van der Waals surface area contributed by atoms with E-state index in [-0.39, 0.29) is 6.61 Å². The van der Waals surface area contributed by atoms with Crippen molar-refractivity contribution in [2.45, 2.75) is 18.9 Å². The van der Waals surface area contributed by atoms with Crippen LogP contribution in [-0.4, -0.2) is 36.4 Å². The first-order valence-electron chi connectivity index (χ1n) is 4.57. The Bertz CT molecular complexity index is 230. The summed E-state index contributed by atoms with van der Waals surface area (Å²) >= 11 is 0. The second kappa shape index (κ2) is 7.81. The van der Waals surface area contributed by atoms with E-state index in [2.05, 4.69) is 16.6 Å². The molecule has 1 amide bonds. The fourth-order valence-corrected chi connectivity index (χ4v) is 0.822. The maximum Gasteiger partial charge on any atom is 0.407 e. The zero-order valence-electron chi connectivity index (χ0n) is 8.44. The molecule has 0 aromatic carbocycles. The highest BCUT2D eigenvalue weighted by molar-refractivity contribution is 5.73. The second-order valence-electron chi connectivity index (χ2n) is 2.90. The molecule has 6 heteroatoms. The normalized spacial score (nSPS) is 11.5. The molecule has 0 rings (SSSR count). The average molecular weight is 216 g/mol. The molecule has 0 bridgehead atoms. The molecule has 0 aromatic rings. The number of hydrogen-bond donors (Lipinski definition) is 3. The molecule has 0 saturated carbocycles. The van der Waals surface area contributed by atoms with Crippen LogP contribution in [0, 0.1) is 0 Å². The van der Waals surface area contributed by atoms with Crippen LogP contribution in [0.5, 0.6) is 0 Å². The Hall–Kier alpha value is -1.56. The molecule has 0 heterocycles. The van der Waals surface area contributed by atoms with E-state index in [9.17, 15) is 9.59 Å². The van der Waals surface area contributed by atoms with Crippen molar-refractivity contribution in [3.63, 3.8) is 0 Å². The van der Waals surface area contributed by atoms with Gasteiger partial charge in [0.15, 0.2) is 0 Å². The summed E-state index contributed by atoms with van der Waals surface area (Å²) < 4.78 is 4.63. The van der Waals surface area contributed by atoms with Crippen molar-refractivity contribution >= 4 is 12.1 Å². The average Bonchev–Trinajstić information content (AvgIpc) is 2.20. The molecule has 0 saturated heterocycles. The lowest BCUT2D eigenvalue weighted by atomic mass is 10.2. The standard InChI is InChI=1S/C9H16N2O4/c1-2-6-15-9(14)11-5-3-4-7(10)8(12)13/h2,7H,1,3-6,10H2,(H,11,14)(H,12,13). The number of carboxylic acids is 1. The number of carboxylic acid groups (broad SMARTS) is 1. The number of carbonyl (C=O) groups is 2. The minimum atomic E-state index is -1.04. The molecule has 6 nitrogen and oxygen atoms in total. The van der Waals surface area contributed by atoms with Crippen LogP contribution in [0.3, 0.4) is 0 Å². The number of alkyl carbamates (subject to hydrolysis) is 1. The molecule has 15 heavy (non-hydrogen) atoms. The summed E-state index contributed by atoms with van der Waals surface area (Å²) in [6.07, 6.45) is 1.73. The van der Waals surface area contributed by atoms with Gasteiger partial charge < -0.3 is 20.9 Å². The van der Waals surface area contributed by atoms with Crippen LogP contribution >= 0.6 is 0 Å². The van der Waals surface area contributed by atoms with Gasteiger partial charge in [-0.25, -0.2) is 4.79 Å². The zero-order chi connectivity index (χ0) is 11.7. The van der Waals surface area contributed by atoms with Crippen molar-refractivity contribution < 1.29 is 19.4 Å². The number of nitrogens with two attached hydrogens (primary N) is 1. The van der Waals surface area contributed by atoms with Crippen molar-refractivity contribution in [1.29, 1.82) is 0 Å². The van der Waals surface area contributed by atoms with Crippen LogP contribution in [0.4, 0.5) is 4.79 Å². The van der Waals surface area contributed by atoms with E-state index >= 15 is 0 Å². The molecule has 0 aliphatic heterocycles. The first-order chi connectivity index (χ1) is 7.07. The summed E-state index contributed by atoms with van der Waals surface area (Å²) in [6.45, 7) is 3.88. The molecule has 1 atom stereocenters. The number of amides is 1. The molecule has 0 aliphatic rings. The quantitative estimate of drug-likeness (QED) is 0.413. The van der Waals surface area contributed by atoms with E-state index in [1.165, 1.54) is 6.08 Å². The Morgan fingerprint density at radius 3 is 2.80 bits per heavy atom. The lowest BCUT2D eigenvalue weighted by Crippen LogP contribution is -2.32. The summed E-state index contributed by atoms with van der Waals surface area (Å²) in [7, 11) is 0. The summed E-state index contributed by atoms with van der Waals surface area (Å²) in [5, 5.41) is 10.9. The largest absolute Gasteiger partial charge is 0.480 e. The molecule has 0 aliphatic carbocycles. The monoisotopic (exact) mass is 216 g/mol. The molecule has 4 N–H and O–H groups in total. The Balaban J connectivity index is 3.41. The van der Waals surface area contributed by atoms with Crippen LogP contribution in [-0.2, 0) is 9.53 Å². The predicted octanol–water partition coefficient (Wildman–Crippen LogP) is 0.0907. The molecule has 86 valence electrons. The summed E-state index contributed by atoms with van der Waals surface area (Å²) in [4.78, 5) is 21.2. The minimum Gasteiger partial charge on any atom is -0.480 e. The zero-order valence-corrected chi connectivity index (χ0v) is 8.44. The topological polar surface area (TPSA) is 102 Å². The highest BCUT2D eigenvalue weighted by Gasteiger charge is 2.10. The summed E-state index contributed by atoms with van der Waals surface area (Å²) in [5.74, 6) is -1.04. The second-order valence-corrected chi connectivity index (χ2v) is 2.90. The van der Waals surface area contributed by atoms with E-state index in [0.717, 1.165) is 0 Å². The molecule has 0 fully saturated rings. The maximum atomic E-state index is 10.9. The molecule has 0 aromatic heterocycles. The van der Waals surface area contributed by atoms with Crippen LogP contribution in [0.15, 0.2) is 12.7 Å². The molecule has 0 spiro atoms. The Kier molecular flexibility index (Phi) is 7.00. The van der Waals surface area contributed by atoms with Gasteiger partial charge in [0.1, 0.15) is 12.6 Å². The van der Waals surface area contributed by atoms with Crippen LogP contribution in [0.25, 0.3) is 0 Å². The van der Waals surface area contributed by atoms with E-state index in [1.54, 1.807) is 0 Å². The number of ether oxygens (including phenoxy) is 1. The van der Waals surface area contributed by atoms with Crippen LogP contribution in [0.1, 0.15) is 12.8 Å². The van der Waals surface area contributed by atoms with E-state index < -0.39 is 18.1 Å². The van der Waals surface area contributed by atoms with Crippen LogP contribution < -0.4 is 11.1 Å². The Labute approximate surface area is 88.1 Å². The van der Waals surface area contributed by atoms with Gasteiger partial charge in [-0.15, -0.1) is 0 Å². The molecule has 0 radical (unpaired) electrons. The molecular formula is C9H16N2O4. The van der Waals surface area contributed by atoms with Gasteiger partial charge in [0.2, 0.25) is 0 Å². The van der Waals surface area contributed by atoms with Crippen molar-refractivity contribution in [2.24, 2.45) is 5.73 Å². The third-order valence-electron chi connectivity index (χ3n) is 1.61. The number of rotatable bonds is 7. The maximum absolute atomic E-state index is 10.9. The molecular weight excluding hydrogens is 200 g/mol. The summed E-state index contributed by atoms with van der Waals surface area (Å²) in [6, 6.07) is -0.879. The lowest BCUT2D eigenvalue weighted by molar-refractivity contribution is -0.138. The van der Waals surface area contributed by atoms with Crippen molar-refractivity contribution in [2.75, 3.05) is 13.2 Å². The van der Waals surface area contributed by atoms with Gasteiger partial charge >= 0.3 is 12.1 Å². The Morgan fingerprint density at radius 1 is 1.60 bits per heavy atom. The van der Waals surface area contributed by atoms with Gasteiger partial charge in [0, 0.05) is 6.54 Å². The fraction of sp³-hybridized carbons (Fsp3) is 0.556. The summed E-state index contributed by atoms with van der Waals surface area (Å²) in [5.41, 5.74) is 5.26. The third-order valence-corrected chi connectivity index (χ3v) is 1.61. The van der Waals surface area contributed by atoms with Crippen LogP contribution in [0.2, 0.25) is 0 Å². The fourth-order valence-electron chi connectivity index (χ4n) is 0.822. The highest BCUT2D eigenvalue weighted by atomic mass is 16.5. The number of hydrogen-bond acceptors (Lipinski definition) is 4. The number of aliphatic carboxylic acids is 1. The van der Waals surface area contributed by atoms with Gasteiger partial charge in [0.05, 0.1) is 0 Å². The van der Waals surface area contributed by atoms with Gasteiger partial charge in [0.25, 0.3) is 0 Å². The van der Waals surface area contributed by atoms with Crippen molar-refractivity contribution in [1.82, 2.24) is 5.32 Å². The van der Waals surface area contributed by atoms with E-state index in [4.69, 9.17) is 10.8 Å². The lowest BCUT2D eigenvalue weighted by Gasteiger charge is -2.07. The van der Waals surface area contributed by atoms with E-state index in [0.29, 0.717) is 19.4 Å². The predicted molar refractivity (Wildman–Crippen MR) is 54.4 cm³/mol. The SMILES string of the molecule is C=CCOC(=O)NCCCC(N)C(=O)O.